The third-order valence-corrected chi connectivity index (χ3v) is 2.71. The normalized spacial score (nSPS) is 10.9. The van der Waals surface area contributed by atoms with Crippen LogP contribution in [0, 0.1) is 6.92 Å². The van der Waals surface area contributed by atoms with Crippen molar-refractivity contribution in [2.45, 2.75) is 40.0 Å². The second-order valence-electron chi connectivity index (χ2n) is 4.53. The van der Waals surface area contributed by atoms with Crippen LogP contribution in [0.2, 0.25) is 0 Å². The van der Waals surface area contributed by atoms with Crippen molar-refractivity contribution in [1.82, 2.24) is 5.43 Å². The maximum Gasteiger partial charge on any atom is 0.191 e. The van der Waals surface area contributed by atoms with Crippen LogP contribution in [0.1, 0.15) is 44.2 Å². The minimum absolute atomic E-state index is 0.454. The van der Waals surface area contributed by atoms with Gasteiger partial charge in [0.2, 0.25) is 0 Å². The summed E-state index contributed by atoms with van der Waals surface area (Å²) >= 11 is 5.20. The Bertz CT molecular complexity index is 439. The Hall–Kier alpha value is -1.42. The van der Waals surface area contributed by atoms with Gasteiger partial charge in [-0.25, -0.2) is 0 Å². The van der Waals surface area contributed by atoms with Crippen molar-refractivity contribution in [3.05, 3.63) is 29.3 Å². The van der Waals surface area contributed by atoms with E-state index in [1.54, 1.807) is 6.21 Å². The molecule has 0 bridgehead atoms. The molecular formula is C14H21N3S. The molecule has 1 aromatic carbocycles. The van der Waals surface area contributed by atoms with Gasteiger partial charge in [-0.05, 0) is 48.7 Å². The van der Waals surface area contributed by atoms with Crippen molar-refractivity contribution in [1.29, 1.82) is 0 Å². The predicted octanol–water partition coefficient (Wildman–Crippen LogP) is 3.80. The highest BCUT2D eigenvalue weighted by Crippen LogP contribution is 2.25. The lowest BCUT2D eigenvalue weighted by Gasteiger charge is -2.15. The van der Waals surface area contributed by atoms with Gasteiger partial charge < -0.3 is 5.32 Å². The quantitative estimate of drug-likeness (QED) is 0.493. The number of hydrazone groups is 1. The van der Waals surface area contributed by atoms with Crippen LogP contribution in [-0.2, 0) is 0 Å². The van der Waals surface area contributed by atoms with Crippen molar-refractivity contribution in [2.24, 2.45) is 5.10 Å². The molecule has 0 aliphatic heterocycles. The summed E-state index contributed by atoms with van der Waals surface area (Å²) in [5.74, 6) is 0.454. The van der Waals surface area contributed by atoms with E-state index in [1.165, 1.54) is 11.1 Å². The van der Waals surface area contributed by atoms with E-state index >= 15 is 0 Å². The standard InChI is InChI=1S/C14H21N3S/c1-5-8-15-17-14(18)16-13-9-11(4)6-7-12(13)10(2)3/h6-10H,5H2,1-4H3,(H2,16,17,18)/b15-8+. The molecule has 3 nitrogen and oxygen atoms in total. The van der Waals surface area contributed by atoms with E-state index in [0.717, 1.165) is 12.1 Å². The summed E-state index contributed by atoms with van der Waals surface area (Å²) in [6, 6.07) is 6.36. The van der Waals surface area contributed by atoms with Gasteiger partial charge in [-0.3, -0.25) is 5.43 Å². The lowest BCUT2D eigenvalue weighted by atomic mass is 9.99. The highest BCUT2D eigenvalue weighted by atomic mass is 32.1. The third kappa shape index (κ3) is 4.45. The van der Waals surface area contributed by atoms with Crippen molar-refractivity contribution in [3.8, 4) is 0 Å². The number of rotatable bonds is 4. The van der Waals surface area contributed by atoms with Crippen LogP contribution in [-0.4, -0.2) is 11.3 Å². The van der Waals surface area contributed by atoms with Gasteiger partial charge in [0.1, 0.15) is 0 Å². The Morgan fingerprint density at radius 3 is 2.78 bits per heavy atom. The zero-order valence-corrected chi connectivity index (χ0v) is 12.3. The highest BCUT2D eigenvalue weighted by molar-refractivity contribution is 7.80. The van der Waals surface area contributed by atoms with Crippen LogP contribution in [0.4, 0.5) is 5.69 Å². The molecule has 0 saturated heterocycles. The van der Waals surface area contributed by atoms with Crippen LogP contribution in [0.25, 0.3) is 0 Å². The molecule has 0 radical (unpaired) electrons. The first-order valence-corrected chi connectivity index (χ1v) is 6.64. The fourth-order valence-corrected chi connectivity index (χ4v) is 1.79. The zero-order valence-electron chi connectivity index (χ0n) is 11.4. The van der Waals surface area contributed by atoms with Gasteiger partial charge in [0.25, 0.3) is 0 Å². The number of anilines is 1. The minimum atomic E-state index is 0.454. The summed E-state index contributed by atoms with van der Waals surface area (Å²) in [4.78, 5) is 0. The van der Waals surface area contributed by atoms with Crippen LogP contribution in [0.15, 0.2) is 23.3 Å². The maximum absolute atomic E-state index is 5.20. The summed E-state index contributed by atoms with van der Waals surface area (Å²) in [6.07, 6.45) is 2.67. The second-order valence-corrected chi connectivity index (χ2v) is 4.94. The zero-order chi connectivity index (χ0) is 13.5. The Morgan fingerprint density at radius 1 is 1.44 bits per heavy atom. The minimum Gasteiger partial charge on any atom is -0.331 e. The molecule has 0 heterocycles. The molecule has 0 atom stereocenters. The van der Waals surface area contributed by atoms with Gasteiger partial charge in [-0.1, -0.05) is 32.9 Å². The average Bonchev–Trinajstić information content (AvgIpc) is 2.29. The molecule has 0 unspecified atom stereocenters. The Kier molecular flexibility index (Phi) is 5.78. The van der Waals surface area contributed by atoms with Crippen molar-refractivity contribution in [2.75, 3.05) is 5.32 Å². The molecular weight excluding hydrogens is 242 g/mol. The monoisotopic (exact) mass is 263 g/mol. The summed E-state index contributed by atoms with van der Waals surface area (Å²) in [6.45, 7) is 8.43. The number of hydrogen-bond acceptors (Lipinski definition) is 2. The molecule has 1 aromatic rings. The molecule has 0 saturated carbocycles. The molecule has 1 rings (SSSR count). The SMILES string of the molecule is CC/C=N/NC(=S)Nc1cc(C)ccc1C(C)C. The molecule has 0 aliphatic carbocycles. The van der Waals surface area contributed by atoms with Crippen LogP contribution in [0.3, 0.4) is 0 Å². The first-order valence-electron chi connectivity index (χ1n) is 6.23. The van der Waals surface area contributed by atoms with E-state index in [1.807, 2.05) is 6.92 Å². The first kappa shape index (κ1) is 14.6. The van der Waals surface area contributed by atoms with Gasteiger partial charge >= 0.3 is 0 Å². The number of nitrogens with zero attached hydrogens (tertiary/aromatic N) is 1. The van der Waals surface area contributed by atoms with E-state index < -0.39 is 0 Å². The second kappa shape index (κ2) is 7.11. The van der Waals surface area contributed by atoms with E-state index in [-0.39, 0.29) is 0 Å². The summed E-state index contributed by atoms with van der Waals surface area (Å²) in [5.41, 5.74) is 6.32. The van der Waals surface area contributed by atoms with Crippen LogP contribution < -0.4 is 10.7 Å². The molecule has 0 aliphatic rings. The van der Waals surface area contributed by atoms with Crippen LogP contribution >= 0.6 is 12.2 Å². The van der Waals surface area contributed by atoms with Gasteiger partial charge in [-0.15, -0.1) is 0 Å². The van der Waals surface area contributed by atoms with Crippen LogP contribution in [0.5, 0.6) is 0 Å². The van der Waals surface area contributed by atoms with Crippen molar-refractivity contribution < 1.29 is 0 Å². The number of benzene rings is 1. The molecule has 0 aromatic heterocycles. The Balaban J connectivity index is 2.79. The molecule has 0 amide bonds. The van der Waals surface area contributed by atoms with Gasteiger partial charge in [-0.2, -0.15) is 5.10 Å². The highest BCUT2D eigenvalue weighted by Gasteiger charge is 2.07. The Morgan fingerprint density at radius 2 is 2.17 bits per heavy atom. The molecule has 4 heteroatoms. The lowest BCUT2D eigenvalue weighted by molar-refractivity contribution is 0.868. The van der Waals surface area contributed by atoms with E-state index in [0.29, 0.717) is 11.0 Å². The van der Waals surface area contributed by atoms with Gasteiger partial charge in [0.15, 0.2) is 5.11 Å². The van der Waals surface area contributed by atoms with Crippen molar-refractivity contribution >= 4 is 29.2 Å². The van der Waals surface area contributed by atoms with E-state index in [2.05, 4.69) is 54.8 Å². The predicted molar refractivity (Wildman–Crippen MR) is 83.4 cm³/mol. The maximum atomic E-state index is 5.20. The summed E-state index contributed by atoms with van der Waals surface area (Å²) in [5, 5.41) is 7.72. The Labute approximate surface area is 115 Å². The first-order chi connectivity index (χ1) is 8.54. The fourth-order valence-electron chi connectivity index (χ4n) is 1.63. The summed E-state index contributed by atoms with van der Waals surface area (Å²) < 4.78 is 0. The molecule has 2 N–H and O–H groups in total. The third-order valence-electron chi connectivity index (χ3n) is 2.52. The smallest absolute Gasteiger partial charge is 0.191 e. The van der Waals surface area contributed by atoms with Crippen molar-refractivity contribution in [3.63, 3.8) is 0 Å². The largest absolute Gasteiger partial charge is 0.331 e. The number of nitrogens with one attached hydrogen (secondary N) is 2. The number of thiocarbonyl (C=S) groups is 1. The lowest BCUT2D eigenvalue weighted by Crippen LogP contribution is -2.24. The molecule has 18 heavy (non-hydrogen) atoms. The number of hydrogen-bond donors (Lipinski definition) is 2. The topological polar surface area (TPSA) is 36.4 Å². The van der Waals surface area contributed by atoms with Gasteiger partial charge in [0.05, 0.1) is 0 Å². The summed E-state index contributed by atoms with van der Waals surface area (Å²) in [7, 11) is 0. The van der Waals surface area contributed by atoms with E-state index in [9.17, 15) is 0 Å². The molecule has 98 valence electrons. The molecule has 0 spiro atoms. The van der Waals surface area contributed by atoms with Gasteiger partial charge in [0, 0.05) is 11.9 Å². The average molecular weight is 263 g/mol. The fraction of sp³-hybridized carbons (Fsp3) is 0.429. The number of aryl methyl sites for hydroxylation is 1. The molecule has 0 fully saturated rings. The van der Waals surface area contributed by atoms with E-state index in [4.69, 9.17) is 12.2 Å².